The lowest BCUT2D eigenvalue weighted by Gasteiger charge is -2.34. The van der Waals surface area contributed by atoms with Crippen LogP contribution >= 0.6 is 0 Å². The Balaban J connectivity index is 1.36. The van der Waals surface area contributed by atoms with Gasteiger partial charge in [0.25, 0.3) is 5.91 Å². The number of rotatable bonds is 7. The summed E-state index contributed by atoms with van der Waals surface area (Å²) in [5.74, 6) is 0.752. The van der Waals surface area contributed by atoms with E-state index < -0.39 is 11.7 Å². The molecule has 1 fully saturated rings. The molecule has 2 aromatic rings. The van der Waals surface area contributed by atoms with E-state index in [-0.39, 0.29) is 23.2 Å². The quantitative estimate of drug-likeness (QED) is 0.259. The molecule has 0 bridgehead atoms. The number of aromatic amines is 1. The van der Waals surface area contributed by atoms with E-state index in [2.05, 4.69) is 30.8 Å². The zero-order valence-electron chi connectivity index (χ0n) is 23.8. The minimum absolute atomic E-state index is 0.118. The number of H-pyrrole nitrogens is 1. The average molecular weight is 573 g/mol. The summed E-state index contributed by atoms with van der Waals surface area (Å²) in [6.45, 7) is 1.58. The van der Waals surface area contributed by atoms with E-state index in [1.165, 1.54) is 19.2 Å². The Morgan fingerprint density at radius 2 is 1.98 bits per heavy atom. The van der Waals surface area contributed by atoms with Gasteiger partial charge in [0.15, 0.2) is 0 Å². The molecule has 4 aliphatic heterocycles. The van der Waals surface area contributed by atoms with Crippen molar-refractivity contribution in [2.75, 3.05) is 49.8 Å². The standard InChI is InChI=1S/C30H33FN8O3/c1-32-28(40)25-19(31)8-4-9-20(25)34-27-18-11-12-33-26(18)36-30(37-27)35-21-16-23-17(15-24(21)42-3)7-5-14-39(23)29(41)22-10-6-13-38(22)2/h4,8-9,11-12,15-16,22H,5-7,10,13-14H2,1-3H3,(H,32,40)(H3,33,34,35,36,37)/t22-/m0/s1. The van der Waals surface area contributed by atoms with E-state index in [0.29, 0.717) is 41.1 Å². The Labute approximate surface area is 242 Å². The first kappa shape index (κ1) is 27.5. The molecule has 1 saturated heterocycles. The second kappa shape index (κ2) is 11.3. The normalized spacial score (nSPS) is 16.8. The van der Waals surface area contributed by atoms with Crippen LogP contribution in [0.1, 0.15) is 35.2 Å². The summed E-state index contributed by atoms with van der Waals surface area (Å²) in [5.41, 5.74) is 3.33. The number of aromatic nitrogens is 3. The van der Waals surface area contributed by atoms with Crippen molar-refractivity contribution in [1.29, 1.82) is 0 Å². The highest BCUT2D eigenvalue weighted by molar-refractivity contribution is 6.01. The molecule has 0 spiro atoms. The zero-order valence-corrected chi connectivity index (χ0v) is 23.8. The van der Waals surface area contributed by atoms with Gasteiger partial charge in [0.05, 0.1) is 35.7 Å². The van der Waals surface area contributed by atoms with Crippen LogP contribution in [0.5, 0.6) is 5.75 Å². The van der Waals surface area contributed by atoms with Crippen LogP contribution in [0.15, 0.2) is 42.6 Å². The number of nitrogens with one attached hydrogen (secondary N) is 4. The minimum atomic E-state index is -0.654. The summed E-state index contributed by atoms with van der Waals surface area (Å²) in [6.07, 6.45) is 5.23. The third-order valence-corrected chi connectivity index (χ3v) is 7.98. The Hall–Kier alpha value is -4.71. The summed E-state index contributed by atoms with van der Waals surface area (Å²) < 4.78 is 20.4. The number of benzene rings is 2. The van der Waals surface area contributed by atoms with Crippen LogP contribution in [0, 0.1) is 5.82 Å². The van der Waals surface area contributed by atoms with Gasteiger partial charge in [0, 0.05) is 25.5 Å². The van der Waals surface area contributed by atoms with E-state index in [1.54, 1.807) is 25.4 Å². The number of carbonyl (C=O) groups is 2. The molecule has 4 aliphatic rings. The zero-order chi connectivity index (χ0) is 29.4. The summed E-state index contributed by atoms with van der Waals surface area (Å²) in [6, 6.07) is 9.92. The fraction of sp³-hybridized carbons (Fsp3) is 0.333. The Kier molecular flexibility index (Phi) is 7.38. The number of amides is 2. The van der Waals surface area contributed by atoms with Crippen LogP contribution in [0.25, 0.3) is 11.4 Å². The topological polar surface area (TPSA) is 128 Å². The van der Waals surface area contributed by atoms with E-state index in [9.17, 15) is 14.0 Å². The number of halogens is 1. The van der Waals surface area contributed by atoms with Gasteiger partial charge in [-0.25, -0.2) is 9.37 Å². The largest absolute Gasteiger partial charge is 0.495 e. The molecule has 0 aliphatic carbocycles. The molecule has 218 valence electrons. The number of ether oxygens (including phenoxy) is 1. The van der Waals surface area contributed by atoms with Gasteiger partial charge >= 0.3 is 0 Å². The van der Waals surface area contributed by atoms with Gasteiger partial charge in [0.1, 0.15) is 23.2 Å². The molecule has 0 saturated carbocycles. The predicted octanol–water partition coefficient (Wildman–Crippen LogP) is 4.28. The van der Waals surface area contributed by atoms with Gasteiger partial charge in [-0.3, -0.25) is 14.5 Å². The van der Waals surface area contributed by atoms with Gasteiger partial charge in [-0.2, -0.15) is 4.98 Å². The first-order chi connectivity index (χ1) is 20.4. The highest BCUT2D eigenvalue weighted by atomic mass is 19.1. The summed E-state index contributed by atoms with van der Waals surface area (Å²) >= 11 is 0. The molecule has 2 aromatic carbocycles. The molecule has 42 heavy (non-hydrogen) atoms. The fourth-order valence-electron chi connectivity index (χ4n) is 5.84. The van der Waals surface area contributed by atoms with Crippen LogP contribution in [0.3, 0.4) is 0 Å². The number of fused-ring (bicyclic) bond motifs is 2. The molecular weight excluding hydrogens is 539 g/mol. The second-order valence-corrected chi connectivity index (χ2v) is 10.5. The number of methoxy groups -OCH3 is 1. The highest BCUT2D eigenvalue weighted by Gasteiger charge is 2.34. The van der Waals surface area contributed by atoms with Crippen LogP contribution in [-0.4, -0.2) is 72.0 Å². The molecule has 11 nitrogen and oxygen atoms in total. The van der Waals surface area contributed by atoms with Gasteiger partial charge in [-0.15, -0.1) is 0 Å². The predicted molar refractivity (Wildman–Crippen MR) is 159 cm³/mol. The van der Waals surface area contributed by atoms with Gasteiger partial charge < -0.3 is 30.6 Å². The third-order valence-electron chi connectivity index (χ3n) is 7.98. The molecule has 4 heterocycles. The first-order valence-corrected chi connectivity index (χ1v) is 14.0. The molecule has 4 N–H and O–H groups in total. The lowest BCUT2D eigenvalue weighted by molar-refractivity contribution is -0.122. The van der Waals surface area contributed by atoms with Crippen molar-refractivity contribution in [3.05, 3.63) is 59.5 Å². The number of aryl methyl sites for hydroxylation is 1. The summed E-state index contributed by atoms with van der Waals surface area (Å²) in [4.78, 5) is 42.4. The Bertz CT molecular complexity index is 1620. The molecule has 0 aromatic heterocycles. The number of likely N-dealkylation sites (N-methyl/N-ethyl adjacent to an activating group) is 1. The number of hydrogen-bond acceptors (Lipinski definition) is 8. The van der Waals surface area contributed by atoms with Crippen molar-refractivity contribution >= 4 is 40.6 Å². The fourth-order valence-corrected chi connectivity index (χ4v) is 5.84. The molecular formula is C30H33FN8O3. The number of nitrogens with zero attached hydrogens (tertiary/aromatic N) is 4. The first-order valence-electron chi connectivity index (χ1n) is 14.0. The molecule has 1 atom stereocenters. The lowest BCUT2D eigenvalue weighted by Crippen LogP contribution is -2.46. The van der Waals surface area contributed by atoms with Crippen LogP contribution in [0.4, 0.5) is 33.2 Å². The number of carbonyl (C=O) groups excluding carboxylic acids is 2. The van der Waals surface area contributed by atoms with Crippen molar-refractivity contribution in [2.45, 2.75) is 31.7 Å². The number of likely N-dealkylation sites (tertiary alicyclic amines) is 1. The van der Waals surface area contributed by atoms with E-state index in [0.717, 1.165) is 43.5 Å². The maximum absolute atomic E-state index is 14.6. The van der Waals surface area contributed by atoms with Gasteiger partial charge in [-0.05, 0) is 75.2 Å². The van der Waals surface area contributed by atoms with Crippen LogP contribution < -0.4 is 25.6 Å². The molecule has 12 heteroatoms. The van der Waals surface area contributed by atoms with Crippen molar-refractivity contribution in [3.63, 3.8) is 0 Å². The third kappa shape index (κ3) is 4.98. The molecule has 2 amide bonds. The molecule has 0 unspecified atom stereocenters. The highest BCUT2D eigenvalue weighted by Crippen LogP contribution is 2.39. The van der Waals surface area contributed by atoms with Crippen LogP contribution in [0.2, 0.25) is 0 Å². The minimum Gasteiger partial charge on any atom is -0.495 e. The van der Waals surface area contributed by atoms with Gasteiger partial charge in [0.2, 0.25) is 11.9 Å². The molecule has 6 rings (SSSR count). The van der Waals surface area contributed by atoms with E-state index in [1.807, 2.05) is 24.1 Å². The Morgan fingerprint density at radius 3 is 2.74 bits per heavy atom. The summed E-state index contributed by atoms with van der Waals surface area (Å²) in [5, 5.41) is 8.90. The monoisotopic (exact) mass is 572 g/mol. The van der Waals surface area contributed by atoms with E-state index >= 15 is 0 Å². The number of hydrogen-bond donors (Lipinski definition) is 4. The molecule has 0 radical (unpaired) electrons. The van der Waals surface area contributed by atoms with Crippen molar-refractivity contribution in [1.82, 2.24) is 25.2 Å². The van der Waals surface area contributed by atoms with Crippen LogP contribution in [-0.2, 0) is 11.2 Å². The number of anilines is 5. The Morgan fingerprint density at radius 1 is 1.12 bits per heavy atom. The maximum Gasteiger partial charge on any atom is 0.256 e. The van der Waals surface area contributed by atoms with E-state index in [4.69, 9.17) is 9.72 Å². The second-order valence-electron chi connectivity index (χ2n) is 10.5. The maximum atomic E-state index is 14.6. The smallest absolute Gasteiger partial charge is 0.256 e. The van der Waals surface area contributed by atoms with Crippen molar-refractivity contribution in [3.8, 4) is 17.1 Å². The van der Waals surface area contributed by atoms with Crippen molar-refractivity contribution < 1.29 is 18.7 Å². The average Bonchev–Trinajstić information content (AvgIpc) is 3.65. The lowest BCUT2D eigenvalue weighted by atomic mass is 9.99. The van der Waals surface area contributed by atoms with Gasteiger partial charge in [-0.1, -0.05) is 6.07 Å². The SMILES string of the molecule is CNC(=O)c1c(F)cccc1Nc1nc(Nc2cc3c(cc2OC)CCCN3C(=O)[C@@H]2CCCN2C)[nH]c2nccc1-2. The van der Waals surface area contributed by atoms with Crippen molar-refractivity contribution in [2.24, 2.45) is 0 Å². The summed E-state index contributed by atoms with van der Waals surface area (Å²) in [7, 11) is 5.05.